The van der Waals surface area contributed by atoms with Crippen LogP contribution in [0.3, 0.4) is 0 Å². The van der Waals surface area contributed by atoms with Crippen molar-refractivity contribution < 1.29 is 14.7 Å². The van der Waals surface area contributed by atoms with Crippen LogP contribution in [-0.4, -0.2) is 16.3 Å². The fourth-order valence-electron chi connectivity index (χ4n) is 3.12. The van der Waals surface area contributed by atoms with Gasteiger partial charge in [-0.05, 0) is 42.2 Å². The summed E-state index contributed by atoms with van der Waals surface area (Å²) in [4.78, 5) is 36.5. The minimum atomic E-state index is -1.59. The van der Waals surface area contributed by atoms with Gasteiger partial charge in [0, 0.05) is 28.4 Å². The van der Waals surface area contributed by atoms with Crippen LogP contribution in [0.15, 0.2) is 35.1 Å². The van der Waals surface area contributed by atoms with Gasteiger partial charge < -0.3 is 9.90 Å². The molecule has 24 heavy (non-hydrogen) atoms. The van der Waals surface area contributed by atoms with E-state index >= 15 is 0 Å². The predicted molar refractivity (Wildman–Crippen MR) is 87.8 cm³/mol. The number of Topliss-reactive ketones (excluding diaryl/α,β-unsaturated/α-hetero) is 1. The smallest absolute Gasteiger partial charge is 0.264 e. The van der Waals surface area contributed by atoms with Crippen molar-refractivity contribution in [2.24, 2.45) is 5.41 Å². The van der Waals surface area contributed by atoms with Crippen LogP contribution in [-0.2, 0) is 6.42 Å². The Balaban J connectivity index is 2.38. The Morgan fingerprint density at radius 3 is 2.38 bits per heavy atom. The number of carboxylic acids is 1. The Hall–Kier alpha value is -2.40. The van der Waals surface area contributed by atoms with Gasteiger partial charge in [-0.15, -0.1) is 0 Å². The topological polar surface area (TPSA) is 79.2 Å². The molecule has 0 amide bonds. The fourth-order valence-corrected chi connectivity index (χ4v) is 3.25. The number of halogens is 1. The molecule has 1 heterocycles. The van der Waals surface area contributed by atoms with E-state index in [-0.39, 0.29) is 16.8 Å². The molecule has 0 bridgehead atoms. The van der Waals surface area contributed by atoms with Crippen LogP contribution in [0.2, 0.25) is 5.02 Å². The summed E-state index contributed by atoms with van der Waals surface area (Å²) in [6, 6.07) is 7.61. The molecule has 0 saturated heterocycles. The van der Waals surface area contributed by atoms with Gasteiger partial charge in [-0.3, -0.25) is 14.2 Å². The first-order valence-electron chi connectivity index (χ1n) is 7.49. The molecule has 0 spiro atoms. The van der Waals surface area contributed by atoms with Gasteiger partial charge in [-0.25, -0.2) is 0 Å². The van der Waals surface area contributed by atoms with E-state index in [1.807, 2.05) is 13.8 Å². The molecule has 6 heteroatoms. The van der Waals surface area contributed by atoms with Gasteiger partial charge in [-0.2, -0.15) is 0 Å². The number of ketones is 1. The zero-order valence-corrected chi connectivity index (χ0v) is 14.0. The molecule has 0 aliphatic heterocycles. The van der Waals surface area contributed by atoms with Gasteiger partial charge in [0.15, 0.2) is 5.78 Å². The summed E-state index contributed by atoms with van der Waals surface area (Å²) in [6.45, 7) is 3.88. The maximum atomic E-state index is 12.7. The lowest BCUT2D eigenvalue weighted by atomic mass is 9.75. The number of benzene rings is 1. The summed E-state index contributed by atoms with van der Waals surface area (Å²) in [6.07, 6.45) is 0.782. The van der Waals surface area contributed by atoms with E-state index < -0.39 is 17.1 Å². The third kappa shape index (κ3) is 2.76. The first-order chi connectivity index (χ1) is 11.2. The maximum absolute atomic E-state index is 12.7. The Morgan fingerprint density at radius 2 is 1.79 bits per heavy atom. The molecule has 0 unspecified atom stereocenters. The Labute approximate surface area is 143 Å². The predicted octanol–water partition coefficient (Wildman–Crippen LogP) is 2.01. The molecule has 0 saturated carbocycles. The van der Waals surface area contributed by atoms with Crippen molar-refractivity contribution in [1.82, 2.24) is 4.57 Å². The quantitative estimate of drug-likeness (QED) is 0.834. The molecule has 3 rings (SSSR count). The number of aromatic carboxylic acids is 1. The summed E-state index contributed by atoms with van der Waals surface area (Å²) in [5.41, 5.74) is -0.280. The number of hydrogen-bond donors (Lipinski definition) is 0. The number of carbonyl (C=O) groups is 2. The highest BCUT2D eigenvalue weighted by molar-refractivity contribution is 6.30. The first kappa shape index (κ1) is 16.5. The summed E-state index contributed by atoms with van der Waals surface area (Å²) < 4.78 is 1.29. The lowest BCUT2D eigenvalue weighted by molar-refractivity contribution is -0.255. The third-order valence-electron chi connectivity index (χ3n) is 4.19. The van der Waals surface area contributed by atoms with Crippen molar-refractivity contribution in [3.63, 3.8) is 0 Å². The van der Waals surface area contributed by atoms with E-state index in [1.54, 1.807) is 24.3 Å². The lowest BCUT2D eigenvalue weighted by Crippen LogP contribution is -2.39. The molecule has 1 aromatic heterocycles. The summed E-state index contributed by atoms with van der Waals surface area (Å²) in [5, 5.41) is 11.8. The average Bonchev–Trinajstić information content (AvgIpc) is 2.47. The third-order valence-corrected chi connectivity index (χ3v) is 4.45. The second kappa shape index (κ2) is 5.60. The molecular weight excluding hydrogens is 330 g/mol. The monoisotopic (exact) mass is 344 g/mol. The normalized spacial score (nSPS) is 15.9. The molecule has 0 atom stereocenters. The van der Waals surface area contributed by atoms with Crippen molar-refractivity contribution in [2.75, 3.05) is 0 Å². The second-order valence-electron chi connectivity index (χ2n) is 6.76. The van der Waals surface area contributed by atoms with Gasteiger partial charge in [-0.1, -0.05) is 25.4 Å². The highest BCUT2D eigenvalue weighted by atomic mass is 35.5. The zero-order chi connectivity index (χ0) is 17.6. The maximum Gasteiger partial charge on any atom is 0.264 e. The van der Waals surface area contributed by atoms with Crippen LogP contribution >= 0.6 is 11.6 Å². The molecule has 0 N–H and O–H groups in total. The molecule has 1 aliphatic carbocycles. The van der Waals surface area contributed by atoms with Crippen LogP contribution in [0.5, 0.6) is 0 Å². The van der Waals surface area contributed by atoms with Gasteiger partial charge in [0.2, 0.25) is 0 Å². The van der Waals surface area contributed by atoms with Gasteiger partial charge >= 0.3 is 0 Å². The SMILES string of the molecule is CC1(C)CC(=O)c2cc(C(=O)[O-])c(=O)n(-c3ccc(Cl)cc3)c2C1. The first-order valence-corrected chi connectivity index (χ1v) is 7.87. The van der Waals surface area contributed by atoms with Crippen LogP contribution in [0.1, 0.15) is 46.7 Å². The molecule has 124 valence electrons. The molecular formula is C18H15ClNO4-. The number of rotatable bonds is 2. The summed E-state index contributed by atoms with van der Waals surface area (Å²) >= 11 is 5.89. The van der Waals surface area contributed by atoms with Crippen molar-refractivity contribution in [1.29, 1.82) is 0 Å². The van der Waals surface area contributed by atoms with E-state index in [1.165, 1.54) is 4.57 Å². The van der Waals surface area contributed by atoms with Gasteiger partial charge in [0.05, 0.1) is 11.5 Å². The highest BCUT2D eigenvalue weighted by Gasteiger charge is 2.34. The van der Waals surface area contributed by atoms with Gasteiger partial charge in [0.25, 0.3) is 5.56 Å². The number of carbonyl (C=O) groups excluding carboxylic acids is 2. The van der Waals surface area contributed by atoms with E-state index in [4.69, 9.17) is 11.6 Å². The van der Waals surface area contributed by atoms with Crippen molar-refractivity contribution in [3.05, 3.63) is 62.5 Å². The molecule has 0 fully saturated rings. The largest absolute Gasteiger partial charge is 0.545 e. The Morgan fingerprint density at radius 1 is 1.17 bits per heavy atom. The number of carboxylic acid groups (broad SMARTS) is 1. The van der Waals surface area contributed by atoms with E-state index in [0.29, 0.717) is 29.2 Å². The number of pyridine rings is 1. The molecule has 0 radical (unpaired) electrons. The van der Waals surface area contributed by atoms with E-state index in [0.717, 1.165) is 6.07 Å². The number of aromatic nitrogens is 1. The Bertz CT molecular complexity index is 910. The van der Waals surface area contributed by atoms with E-state index in [2.05, 4.69) is 0 Å². The van der Waals surface area contributed by atoms with E-state index in [9.17, 15) is 19.5 Å². The summed E-state index contributed by atoms with van der Waals surface area (Å²) in [7, 11) is 0. The number of hydrogen-bond acceptors (Lipinski definition) is 4. The lowest BCUT2D eigenvalue weighted by Gasteiger charge is -2.32. The average molecular weight is 345 g/mol. The number of nitrogens with zero attached hydrogens (tertiary/aromatic N) is 1. The second-order valence-corrected chi connectivity index (χ2v) is 7.20. The van der Waals surface area contributed by atoms with Crippen molar-refractivity contribution in [3.8, 4) is 5.69 Å². The molecule has 1 aromatic carbocycles. The Kier molecular flexibility index (Phi) is 3.84. The van der Waals surface area contributed by atoms with Crippen molar-refractivity contribution in [2.45, 2.75) is 26.7 Å². The molecule has 5 nitrogen and oxygen atoms in total. The van der Waals surface area contributed by atoms with Crippen molar-refractivity contribution >= 4 is 23.4 Å². The minimum absolute atomic E-state index is 0.175. The summed E-state index contributed by atoms with van der Waals surface area (Å²) in [5.74, 6) is -1.77. The highest BCUT2D eigenvalue weighted by Crippen LogP contribution is 2.35. The molecule has 1 aliphatic rings. The number of fused-ring (bicyclic) bond motifs is 1. The standard InChI is InChI=1S/C18H16ClNO4/c1-18(2)8-14-12(15(21)9-18)7-13(17(23)24)16(22)20(14)11-5-3-10(19)4-6-11/h3-7H,8-9H2,1-2H3,(H,23,24)/p-1. The van der Waals surface area contributed by atoms with Crippen LogP contribution in [0, 0.1) is 5.41 Å². The van der Waals surface area contributed by atoms with Crippen LogP contribution in [0.4, 0.5) is 0 Å². The molecule has 2 aromatic rings. The van der Waals surface area contributed by atoms with Crippen LogP contribution in [0.25, 0.3) is 5.69 Å². The van der Waals surface area contributed by atoms with Gasteiger partial charge in [0.1, 0.15) is 0 Å². The zero-order valence-electron chi connectivity index (χ0n) is 13.3. The minimum Gasteiger partial charge on any atom is -0.545 e. The fraction of sp³-hybridized carbons (Fsp3) is 0.278. The van der Waals surface area contributed by atoms with Crippen LogP contribution < -0.4 is 10.7 Å².